The SMILES string of the molecule is CCC(C)c1nc(Cl)cc(C(=O)OC)c1I. The van der Waals surface area contributed by atoms with E-state index in [9.17, 15) is 4.79 Å². The lowest BCUT2D eigenvalue weighted by molar-refractivity contribution is 0.0599. The average molecular weight is 354 g/mol. The van der Waals surface area contributed by atoms with E-state index in [4.69, 9.17) is 16.3 Å². The van der Waals surface area contributed by atoms with Gasteiger partial charge in [0.2, 0.25) is 0 Å². The zero-order valence-electron chi connectivity index (χ0n) is 9.38. The van der Waals surface area contributed by atoms with Gasteiger partial charge in [-0.1, -0.05) is 25.4 Å². The molecule has 0 radical (unpaired) electrons. The molecule has 1 rings (SSSR count). The fourth-order valence-corrected chi connectivity index (χ4v) is 2.52. The number of nitrogens with zero attached hydrogens (tertiary/aromatic N) is 1. The van der Waals surface area contributed by atoms with E-state index in [2.05, 4.69) is 41.4 Å². The Balaban J connectivity index is 3.31. The Morgan fingerprint density at radius 3 is 2.81 bits per heavy atom. The Morgan fingerprint density at radius 2 is 2.31 bits per heavy atom. The molecular formula is C11H13ClINO2. The highest BCUT2D eigenvalue weighted by molar-refractivity contribution is 14.1. The fraction of sp³-hybridized carbons (Fsp3) is 0.455. The minimum atomic E-state index is -0.377. The van der Waals surface area contributed by atoms with Crippen molar-refractivity contribution in [1.29, 1.82) is 0 Å². The third-order valence-electron chi connectivity index (χ3n) is 2.44. The molecule has 16 heavy (non-hydrogen) atoms. The maximum Gasteiger partial charge on any atom is 0.339 e. The van der Waals surface area contributed by atoms with Crippen molar-refractivity contribution in [1.82, 2.24) is 4.98 Å². The van der Waals surface area contributed by atoms with Gasteiger partial charge in [-0.2, -0.15) is 0 Å². The number of carbonyl (C=O) groups is 1. The summed E-state index contributed by atoms with van der Waals surface area (Å²) in [4.78, 5) is 15.8. The van der Waals surface area contributed by atoms with Crippen LogP contribution in [0.1, 0.15) is 42.2 Å². The van der Waals surface area contributed by atoms with Crippen LogP contribution in [0.3, 0.4) is 0 Å². The lowest BCUT2D eigenvalue weighted by Gasteiger charge is -2.13. The van der Waals surface area contributed by atoms with E-state index in [1.165, 1.54) is 7.11 Å². The molecule has 1 unspecified atom stereocenters. The predicted octanol–water partition coefficient (Wildman–Crippen LogP) is 3.64. The van der Waals surface area contributed by atoms with Gasteiger partial charge in [0, 0.05) is 3.57 Å². The molecule has 3 nitrogen and oxygen atoms in total. The second-order valence-corrected chi connectivity index (χ2v) is 4.96. The zero-order chi connectivity index (χ0) is 12.3. The monoisotopic (exact) mass is 353 g/mol. The van der Waals surface area contributed by atoms with E-state index in [0.29, 0.717) is 10.7 Å². The van der Waals surface area contributed by atoms with Gasteiger partial charge in [0.25, 0.3) is 0 Å². The van der Waals surface area contributed by atoms with Crippen molar-refractivity contribution in [3.63, 3.8) is 0 Å². The molecule has 0 fully saturated rings. The average Bonchev–Trinajstić information content (AvgIpc) is 2.29. The van der Waals surface area contributed by atoms with Crippen LogP contribution < -0.4 is 0 Å². The number of hydrogen-bond donors (Lipinski definition) is 0. The van der Waals surface area contributed by atoms with Gasteiger partial charge in [-0.15, -0.1) is 0 Å². The molecule has 1 aromatic heterocycles. The highest BCUT2D eigenvalue weighted by atomic mass is 127. The first-order valence-electron chi connectivity index (χ1n) is 4.95. The van der Waals surface area contributed by atoms with Crippen LogP contribution in [-0.4, -0.2) is 18.1 Å². The maximum atomic E-state index is 11.5. The molecule has 1 heterocycles. The van der Waals surface area contributed by atoms with Crippen molar-refractivity contribution >= 4 is 40.2 Å². The van der Waals surface area contributed by atoms with E-state index >= 15 is 0 Å². The molecule has 88 valence electrons. The smallest absolute Gasteiger partial charge is 0.339 e. The molecule has 1 aromatic rings. The molecule has 0 aromatic carbocycles. The van der Waals surface area contributed by atoms with Crippen molar-refractivity contribution in [2.24, 2.45) is 0 Å². The minimum Gasteiger partial charge on any atom is -0.465 e. The molecule has 0 saturated heterocycles. The highest BCUT2D eigenvalue weighted by Crippen LogP contribution is 2.27. The molecular weight excluding hydrogens is 340 g/mol. The van der Waals surface area contributed by atoms with Gasteiger partial charge in [-0.05, 0) is 41.0 Å². The summed E-state index contributed by atoms with van der Waals surface area (Å²) in [6.07, 6.45) is 0.948. The third-order valence-corrected chi connectivity index (χ3v) is 3.76. The fourth-order valence-electron chi connectivity index (χ4n) is 1.30. The third kappa shape index (κ3) is 2.85. The summed E-state index contributed by atoms with van der Waals surface area (Å²) in [6.45, 7) is 4.13. The van der Waals surface area contributed by atoms with Gasteiger partial charge in [-0.3, -0.25) is 0 Å². The summed E-state index contributed by atoms with van der Waals surface area (Å²) in [5.74, 6) is -0.104. The molecule has 0 aliphatic rings. The van der Waals surface area contributed by atoms with Gasteiger partial charge in [0.05, 0.1) is 18.4 Å². The molecule has 1 atom stereocenters. The number of ether oxygens (including phenoxy) is 1. The van der Waals surface area contributed by atoms with Crippen molar-refractivity contribution in [3.8, 4) is 0 Å². The zero-order valence-corrected chi connectivity index (χ0v) is 12.3. The predicted molar refractivity (Wildman–Crippen MR) is 72.0 cm³/mol. The summed E-state index contributed by atoms with van der Waals surface area (Å²) >= 11 is 8.01. The summed E-state index contributed by atoms with van der Waals surface area (Å²) in [5.41, 5.74) is 1.34. The normalized spacial score (nSPS) is 12.3. The van der Waals surface area contributed by atoms with Crippen molar-refractivity contribution < 1.29 is 9.53 Å². The number of aromatic nitrogens is 1. The van der Waals surface area contributed by atoms with Crippen LogP contribution in [0.5, 0.6) is 0 Å². The molecule has 0 saturated carbocycles. The Morgan fingerprint density at radius 1 is 1.69 bits per heavy atom. The summed E-state index contributed by atoms with van der Waals surface area (Å²) in [7, 11) is 1.36. The Kier molecular flexibility index (Phi) is 4.98. The van der Waals surface area contributed by atoms with E-state index in [0.717, 1.165) is 15.7 Å². The number of carbonyl (C=O) groups excluding carboxylic acids is 1. The molecule has 0 aliphatic heterocycles. The maximum absolute atomic E-state index is 11.5. The molecule has 0 amide bonds. The first kappa shape index (κ1) is 13.7. The van der Waals surface area contributed by atoms with E-state index in [1.807, 2.05) is 0 Å². The van der Waals surface area contributed by atoms with Gasteiger partial charge >= 0.3 is 5.97 Å². The standard InChI is InChI=1S/C11H13ClINO2/c1-4-6(2)10-9(13)7(11(15)16-3)5-8(12)14-10/h5-6H,4H2,1-3H3. The van der Waals surface area contributed by atoms with Crippen LogP contribution in [0.25, 0.3) is 0 Å². The lowest BCUT2D eigenvalue weighted by Crippen LogP contribution is -2.09. The van der Waals surface area contributed by atoms with E-state index < -0.39 is 0 Å². The Bertz CT molecular complexity index is 409. The largest absolute Gasteiger partial charge is 0.465 e. The van der Waals surface area contributed by atoms with Gasteiger partial charge in [-0.25, -0.2) is 9.78 Å². The topological polar surface area (TPSA) is 39.2 Å². The minimum absolute atomic E-state index is 0.272. The Hall–Kier alpha value is -0.360. The number of esters is 1. The summed E-state index contributed by atoms with van der Waals surface area (Å²) in [5, 5.41) is 0.330. The van der Waals surface area contributed by atoms with Gasteiger partial charge < -0.3 is 4.74 Å². The molecule has 0 aliphatic carbocycles. The second-order valence-electron chi connectivity index (χ2n) is 3.49. The van der Waals surface area contributed by atoms with E-state index in [-0.39, 0.29) is 11.9 Å². The molecule has 0 bridgehead atoms. The molecule has 0 N–H and O–H groups in total. The summed E-state index contributed by atoms with van der Waals surface area (Å²) < 4.78 is 5.53. The van der Waals surface area contributed by atoms with Crippen LogP contribution in [0.15, 0.2) is 6.07 Å². The van der Waals surface area contributed by atoms with Gasteiger partial charge in [0.15, 0.2) is 0 Å². The highest BCUT2D eigenvalue weighted by Gasteiger charge is 2.19. The number of rotatable bonds is 3. The van der Waals surface area contributed by atoms with Crippen LogP contribution in [0, 0.1) is 3.57 Å². The number of hydrogen-bond acceptors (Lipinski definition) is 3. The van der Waals surface area contributed by atoms with Crippen LogP contribution >= 0.6 is 34.2 Å². The first-order valence-corrected chi connectivity index (χ1v) is 6.41. The first-order chi connectivity index (χ1) is 7.51. The number of methoxy groups -OCH3 is 1. The second kappa shape index (κ2) is 5.82. The van der Waals surface area contributed by atoms with E-state index in [1.54, 1.807) is 6.07 Å². The lowest BCUT2D eigenvalue weighted by atomic mass is 10.0. The van der Waals surface area contributed by atoms with Gasteiger partial charge in [0.1, 0.15) is 5.15 Å². The Labute approximate surface area is 114 Å². The van der Waals surface area contributed by atoms with Crippen molar-refractivity contribution in [2.45, 2.75) is 26.2 Å². The molecule has 5 heteroatoms. The molecule has 0 spiro atoms. The van der Waals surface area contributed by atoms with Crippen molar-refractivity contribution in [3.05, 3.63) is 26.0 Å². The van der Waals surface area contributed by atoms with Crippen LogP contribution in [0.4, 0.5) is 0 Å². The van der Waals surface area contributed by atoms with Crippen LogP contribution in [0.2, 0.25) is 5.15 Å². The quantitative estimate of drug-likeness (QED) is 0.473. The van der Waals surface area contributed by atoms with Crippen LogP contribution in [-0.2, 0) is 4.74 Å². The summed E-state index contributed by atoms with van der Waals surface area (Å²) in [6, 6.07) is 1.54. The van der Waals surface area contributed by atoms with Crippen molar-refractivity contribution in [2.75, 3.05) is 7.11 Å². The number of pyridine rings is 1. The number of halogens is 2.